The number of nitrogens with one attached hydrogen (secondary N) is 2. The maximum Gasteiger partial charge on any atom is 0.269 e. The number of aromatic nitrogens is 2. The van der Waals surface area contributed by atoms with E-state index in [9.17, 15) is 4.79 Å². The highest BCUT2D eigenvalue weighted by atomic mass is 16.5. The average molecular weight is 298 g/mol. The van der Waals surface area contributed by atoms with Gasteiger partial charge < -0.3 is 10.1 Å². The molecule has 1 amide bonds. The van der Waals surface area contributed by atoms with Gasteiger partial charge in [-0.3, -0.25) is 10.1 Å². The van der Waals surface area contributed by atoms with E-state index >= 15 is 0 Å². The van der Waals surface area contributed by atoms with Crippen molar-refractivity contribution in [3.05, 3.63) is 36.0 Å². The number of methoxy groups -OCH3 is 1. The van der Waals surface area contributed by atoms with Gasteiger partial charge >= 0.3 is 0 Å². The number of carbonyl (C=O) groups excluding carboxylic acids is 1. The summed E-state index contributed by atoms with van der Waals surface area (Å²) >= 11 is 0. The predicted molar refractivity (Wildman–Crippen MR) is 81.7 cm³/mol. The van der Waals surface area contributed by atoms with Crippen molar-refractivity contribution < 1.29 is 9.53 Å². The SMILES string of the molecule is COc1cccc(-c2cc3n(n2)[C@@H](NC2CC2)CNC3=O)c1. The molecule has 1 aliphatic carbocycles. The zero-order chi connectivity index (χ0) is 15.1. The first-order chi connectivity index (χ1) is 10.7. The Balaban J connectivity index is 1.71. The van der Waals surface area contributed by atoms with Gasteiger partial charge in [-0.15, -0.1) is 0 Å². The van der Waals surface area contributed by atoms with Crippen molar-refractivity contribution >= 4 is 5.91 Å². The molecule has 4 rings (SSSR count). The normalized spacial score (nSPS) is 20.4. The lowest BCUT2D eigenvalue weighted by Crippen LogP contribution is -2.45. The largest absolute Gasteiger partial charge is 0.497 e. The molecular weight excluding hydrogens is 280 g/mol. The first-order valence-electron chi connectivity index (χ1n) is 7.53. The second-order valence-electron chi connectivity index (χ2n) is 5.76. The lowest BCUT2D eigenvalue weighted by molar-refractivity contribution is 0.0900. The molecule has 1 saturated carbocycles. The summed E-state index contributed by atoms with van der Waals surface area (Å²) < 4.78 is 7.07. The van der Waals surface area contributed by atoms with Crippen molar-refractivity contribution in [3.8, 4) is 17.0 Å². The Bertz CT molecular complexity index is 721. The van der Waals surface area contributed by atoms with E-state index in [0.717, 1.165) is 17.0 Å². The predicted octanol–water partition coefficient (Wildman–Crippen LogP) is 1.55. The highest BCUT2D eigenvalue weighted by molar-refractivity contribution is 5.94. The fraction of sp³-hybridized carbons (Fsp3) is 0.375. The molecule has 0 bridgehead atoms. The van der Waals surface area contributed by atoms with E-state index in [1.807, 2.05) is 35.0 Å². The molecule has 22 heavy (non-hydrogen) atoms. The summed E-state index contributed by atoms with van der Waals surface area (Å²) in [5.74, 6) is 0.705. The van der Waals surface area contributed by atoms with E-state index in [0.29, 0.717) is 18.3 Å². The van der Waals surface area contributed by atoms with Crippen LogP contribution in [0.3, 0.4) is 0 Å². The quantitative estimate of drug-likeness (QED) is 0.898. The molecule has 1 atom stereocenters. The smallest absolute Gasteiger partial charge is 0.269 e. The summed E-state index contributed by atoms with van der Waals surface area (Å²) in [7, 11) is 1.64. The number of rotatable bonds is 4. The molecule has 2 aromatic rings. The van der Waals surface area contributed by atoms with Gasteiger partial charge in [0.25, 0.3) is 5.91 Å². The summed E-state index contributed by atoms with van der Waals surface area (Å²) in [6.07, 6.45) is 2.42. The van der Waals surface area contributed by atoms with E-state index in [1.54, 1.807) is 7.11 Å². The summed E-state index contributed by atoms with van der Waals surface area (Å²) in [5.41, 5.74) is 2.33. The number of amides is 1. The van der Waals surface area contributed by atoms with Crippen LogP contribution >= 0.6 is 0 Å². The number of hydrogen-bond acceptors (Lipinski definition) is 4. The molecule has 2 heterocycles. The highest BCUT2D eigenvalue weighted by Gasteiger charge is 2.31. The lowest BCUT2D eigenvalue weighted by Gasteiger charge is -2.25. The Morgan fingerprint density at radius 2 is 2.23 bits per heavy atom. The lowest BCUT2D eigenvalue weighted by atomic mass is 10.1. The van der Waals surface area contributed by atoms with E-state index in [1.165, 1.54) is 12.8 Å². The van der Waals surface area contributed by atoms with Gasteiger partial charge in [0.1, 0.15) is 17.6 Å². The molecule has 0 unspecified atom stereocenters. The molecule has 0 spiro atoms. The fourth-order valence-corrected chi connectivity index (χ4v) is 2.74. The van der Waals surface area contributed by atoms with Crippen LogP contribution in [0.15, 0.2) is 30.3 Å². The van der Waals surface area contributed by atoms with Crippen LogP contribution in [0.4, 0.5) is 0 Å². The van der Waals surface area contributed by atoms with Crippen molar-refractivity contribution in [1.82, 2.24) is 20.4 Å². The molecule has 0 radical (unpaired) electrons. The van der Waals surface area contributed by atoms with Crippen LogP contribution in [0, 0.1) is 0 Å². The minimum atomic E-state index is -0.0736. The van der Waals surface area contributed by atoms with Gasteiger partial charge in [-0.1, -0.05) is 12.1 Å². The Morgan fingerprint density at radius 3 is 3.00 bits per heavy atom. The summed E-state index contributed by atoms with van der Waals surface area (Å²) in [6.45, 7) is 0.571. The van der Waals surface area contributed by atoms with Gasteiger partial charge in [-0.05, 0) is 31.0 Å². The minimum Gasteiger partial charge on any atom is -0.497 e. The molecule has 0 saturated heterocycles. The first-order valence-corrected chi connectivity index (χ1v) is 7.53. The average Bonchev–Trinajstić information content (AvgIpc) is 3.24. The van der Waals surface area contributed by atoms with Gasteiger partial charge in [-0.25, -0.2) is 4.68 Å². The zero-order valence-corrected chi connectivity index (χ0v) is 12.4. The van der Waals surface area contributed by atoms with Crippen LogP contribution in [0.5, 0.6) is 5.75 Å². The number of nitrogens with zero attached hydrogens (tertiary/aromatic N) is 2. The van der Waals surface area contributed by atoms with E-state index < -0.39 is 0 Å². The Labute approximate surface area is 128 Å². The van der Waals surface area contributed by atoms with Crippen LogP contribution < -0.4 is 15.4 Å². The maximum atomic E-state index is 12.1. The molecule has 2 aliphatic rings. The fourth-order valence-electron chi connectivity index (χ4n) is 2.74. The van der Waals surface area contributed by atoms with E-state index in [-0.39, 0.29) is 12.1 Å². The van der Waals surface area contributed by atoms with Crippen molar-refractivity contribution in [1.29, 1.82) is 0 Å². The Kier molecular flexibility index (Phi) is 3.11. The first kappa shape index (κ1) is 13.3. The standard InChI is InChI=1S/C16H18N4O2/c1-22-12-4-2-3-10(7-12)13-8-14-16(21)17-9-15(20(14)19-13)18-11-5-6-11/h2-4,7-8,11,15,18H,5-6,9H2,1H3,(H,17,21)/t15-/m1/s1. The summed E-state index contributed by atoms with van der Waals surface area (Å²) in [4.78, 5) is 12.1. The number of fused-ring (bicyclic) bond motifs is 1. The highest BCUT2D eigenvalue weighted by Crippen LogP contribution is 2.27. The Morgan fingerprint density at radius 1 is 1.36 bits per heavy atom. The van der Waals surface area contributed by atoms with E-state index in [2.05, 4.69) is 15.7 Å². The van der Waals surface area contributed by atoms with Gasteiger partial charge in [0.05, 0.1) is 19.3 Å². The summed E-state index contributed by atoms with van der Waals surface area (Å²) in [5, 5.41) is 11.1. The molecule has 1 aliphatic heterocycles. The Hall–Kier alpha value is -2.34. The maximum absolute atomic E-state index is 12.1. The van der Waals surface area contributed by atoms with Crippen molar-refractivity contribution in [3.63, 3.8) is 0 Å². The monoisotopic (exact) mass is 298 g/mol. The number of hydrogen-bond donors (Lipinski definition) is 2. The molecule has 1 aromatic carbocycles. The number of ether oxygens (including phenoxy) is 1. The molecule has 1 fully saturated rings. The number of carbonyl (C=O) groups is 1. The molecule has 1 aromatic heterocycles. The van der Waals surface area contributed by atoms with Gasteiger partial charge in [-0.2, -0.15) is 5.10 Å². The second kappa shape index (κ2) is 5.14. The zero-order valence-electron chi connectivity index (χ0n) is 12.4. The third-order valence-electron chi connectivity index (χ3n) is 4.09. The van der Waals surface area contributed by atoms with Gasteiger partial charge in [0.2, 0.25) is 0 Å². The number of benzene rings is 1. The molecule has 6 heteroatoms. The van der Waals surface area contributed by atoms with Crippen LogP contribution in [0.25, 0.3) is 11.3 Å². The topological polar surface area (TPSA) is 68.2 Å². The van der Waals surface area contributed by atoms with Gasteiger partial charge in [0, 0.05) is 11.6 Å². The third kappa shape index (κ3) is 2.35. The van der Waals surface area contributed by atoms with Crippen molar-refractivity contribution in [2.75, 3.05) is 13.7 Å². The van der Waals surface area contributed by atoms with Crippen LogP contribution in [0.1, 0.15) is 29.5 Å². The van der Waals surface area contributed by atoms with Crippen molar-refractivity contribution in [2.24, 2.45) is 0 Å². The van der Waals surface area contributed by atoms with Crippen LogP contribution in [-0.2, 0) is 0 Å². The van der Waals surface area contributed by atoms with Gasteiger partial charge in [0.15, 0.2) is 0 Å². The molecular formula is C16H18N4O2. The minimum absolute atomic E-state index is 0.0274. The second-order valence-corrected chi connectivity index (χ2v) is 5.76. The summed E-state index contributed by atoms with van der Waals surface area (Å²) in [6, 6.07) is 10.1. The molecule has 6 nitrogen and oxygen atoms in total. The molecule has 114 valence electrons. The van der Waals surface area contributed by atoms with Crippen LogP contribution in [0.2, 0.25) is 0 Å². The van der Waals surface area contributed by atoms with E-state index in [4.69, 9.17) is 4.74 Å². The molecule has 2 N–H and O–H groups in total. The van der Waals surface area contributed by atoms with Crippen LogP contribution in [-0.4, -0.2) is 35.4 Å². The third-order valence-corrected chi connectivity index (χ3v) is 4.09. The van der Waals surface area contributed by atoms with Crippen molar-refractivity contribution in [2.45, 2.75) is 25.0 Å².